The van der Waals surface area contributed by atoms with Gasteiger partial charge in [0.25, 0.3) is 0 Å². The van der Waals surface area contributed by atoms with E-state index in [9.17, 15) is 8.78 Å². The predicted molar refractivity (Wildman–Crippen MR) is 75.3 cm³/mol. The molecule has 0 unspecified atom stereocenters. The Balaban J connectivity index is 2.06. The van der Waals surface area contributed by atoms with Crippen LogP contribution in [0, 0.1) is 11.6 Å². The number of rotatable bonds is 3. The van der Waals surface area contributed by atoms with Crippen LogP contribution in [0.2, 0.25) is 0 Å². The summed E-state index contributed by atoms with van der Waals surface area (Å²) in [6.07, 6.45) is 1.80. The average molecular weight is 272 g/mol. The van der Waals surface area contributed by atoms with Gasteiger partial charge in [-0.15, -0.1) is 0 Å². The van der Waals surface area contributed by atoms with Crippen LogP contribution >= 0.6 is 0 Å². The third kappa shape index (κ3) is 2.18. The highest BCUT2D eigenvalue weighted by atomic mass is 19.1. The van der Waals surface area contributed by atoms with Crippen LogP contribution in [-0.2, 0) is 13.1 Å². The first-order chi connectivity index (χ1) is 9.69. The van der Waals surface area contributed by atoms with Gasteiger partial charge in [-0.3, -0.25) is 0 Å². The highest BCUT2D eigenvalue weighted by Crippen LogP contribution is 2.21. The van der Waals surface area contributed by atoms with Crippen molar-refractivity contribution < 1.29 is 8.78 Å². The maximum absolute atomic E-state index is 13.7. The summed E-state index contributed by atoms with van der Waals surface area (Å²) >= 11 is 0. The summed E-state index contributed by atoms with van der Waals surface area (Å²) in [4.78, 5) is 0. The van der Waals surface area contributed by atoms with Gasteiger partial charge in [-0.1, -0.05) is 12.1 Å². The maximum Gasteiger partial charge on any atom is 0.132 e. The third-order valence-electron chi connectivity index (χ3n) is 3.49. The van der Waals surface area contributed by atoms with Crippen molar-refractivity contribution in [3.8, 4) is 0 Å². The molecule has 1 heterocycles. The van der Waals surface area contributed by atoms with Crippen LogP contribution in [0.1, 0.15) is 11.1 Å². The predicted octanol–water partition coefficient (Wildman–Crippen LogP) is 3.43. The van der Waals surface area contributed by atoms with E-state index < -0.39 is 0 Å². The molecule has 102 valence electrons. The van der Waals surface area contributed by atoms with E-state index in [1.807, 2.05) is 10.6 Å². The van der Waals surface area contributed by atoms with Gasteiger partial charge < -0.3 is 10.3 Å². The monoisotopic (exact) mass is 272 g/mol. The number of hydrogen-bond acceptors (Lipinski definition) is 1. The summed E-state index contributed by atoms with van der Waals surface area (Å²) < 4.78 is 28.9. The number of hydrogen-bond donors (Lipinski definition) is 1. The summed E-state index contributed by atoms with van der Waals surface area (Å²) in [6.45, 7) is 0.820. The van der Waals surface area contributed by atoms with Gasteiger partial charge in [0.05, 0.1) is 5.52 Å². The van der Waals surface area contributed by atoms with E-state index in [0.717, 1.165) is 16.6 Å². The van der Waals surface area contributed by atoms with Gasteiger partial charge in [0.15, 0.2) is 0 Å². The van der Waals surface area contributed by atoms with Crippen molar-refractivity contribution in [2.45, 2.75) is 13.1 Å². The molecule has 0 aliphatic heterocycles. The molecule has 0 aliphatic carbocycles. The lowest BCUT2D eigenvalue weighted by Crippen LogP contribution is -2.06. The Morgan fingerprint density at radius 2 is 1.85 bits per heavy atom. The fourth-order valence-electron chi connectivity index (χ4n) is 2.45. The Kier molecular flexibility index (Phi) is 3.24. The lowest BCUT2D eigenvalue weighted by atomic mass is 10.1. The van der Waals surface area contributed by atoms with Gasteiger partial charge in [0, 0.05) is 24.7 Å². The van der Waals surface area contributed by atoms with Gasteiger partial charge in [-0.05, 0) is 41.5 Å². The molecule has 0 radical (unpaired) electrons. The van der Waals surface area contributed by atoms with E-state index in [2.05, 4.69) is 0 Å². The van der Waals surface area contributed by atoms with Crippen molar-refractivity contribution in [2.24, 2.45) is 5.73 Å². The minimum absolute atomic E-state index is 0.250. The number of benzene rings is 2. The smallest absolute Gasteiger partial charge is 0.132 e. The van der Waals surface area contributed by atoms with Crippen molar-refractivity contribution in [1.82, 2.24) is 4.57 Å². The standard InChI is InChI=1S/C16H14F2N2/c17-13-5-4-11(9-19)12(8-13)10-20-7-6-14-15(18)2-1-3-16(14)20/h1-8H,9-10,19H2. The van der Waals surface area contributed by atoms with Crippen LogP contribution in [0.3, 0.4) is 0 Å². The molecule has 2 aromatic carbocycles. The molecule has 0 amide bonds. The number of fused-ring (bicyclic) bond motifs is 1. The largest absolute Gasteiger partial charge is 0.343 e. The van der Waals surface area contributed by atoms with Crippen LogP contribution in [-0.4, -0.2) is 4.57 Å². The molecule has 2 N–H and O–H groups in total. The van der Waals surface area contributed by atoms with E-state index >= 15 is 0 Å². The average Bonchev–Trinajstić information content (AvgIpc) is 2.84. The summed E-state index contributed by atoms with van der Waals surface area (Å²) in [7, 11) is 0. The first-order valence-corrected chi connectivity index (χ1v) is 6.40. The molecule has 1 aromatic heterocycles. The van der Waals surface area contributed by atoms with E-state index in [1.54, 1.807) is 24.4 Å². The normalized spacial score (nSPS) is 11.2. The molecular weight excluding hydrogens is 258 g/mol. The first-order valence-electron chi connectivity index (χ1n) is 6.40. The summed E-state index contributed by atoms with van der Waals surface area (Å²) in [5.41, 5.74) is 8.17. The van der Waals surface area contributed by atoms with Gasteiger partial charge in [-0.2, -0.15) is 0 Å². The van der Waals surface area contributed by atoms with Crippen LogP contribution in [0.25, 0.3) is 10.9 Å². The van der Waals surface area contributed by atoms with Crippen molar-refractivity contribution >= 4 is 10.9 Å². The highest BCUT2D eigenvalue weighted by molar-refractivity contribution is 5.80. The number of nitrogens with zero attached hydrogens (tertiary/aromatic N) is 1. The van der Waals surface area contributed by atoms with Crippen LogP contribution < -0.4 is 5.73 Å². The second-order valence-corrected chi connectivity index (χ2v) is 4.73. The molecule has 0 bridgehead atoms. The molecule has 0 aliphatic rings. The Bertz CT molecular complexity index is 762. The molecular formula is C16H14F2N2. The molecule has 3 rings (SSSR count). The Labute approximate surface area is 115 Å². The topological polar surface area (TPSA) is 30.9 Å². The maximum atomic E-state index is 13.7. The van der Waals surface area contributed by atoms with Crippen molar-refractivity contribution in [2.75, 3.05) is 0 Å². The molecule has 0 atom stereocenters. The fraction of sp³-hybridized carbons (Fsp3) is 0.125. The van der Waals surface area contributed by atoms with E-state index in [0.29, 0.717) is 18.5 Å². The first kappa shape index (κ1) is 12.8. The quantitative estimate of drug-likeness (QED) is 0.778. The molecule has 0 saturated heterocycles. The van der Waals surface area contributed by atoms with Crippen molar-refractivity contribution in [1.29, 1.82) is 0 Å². The van der Waals surface area contributed by atoms with Gasteiger partial charge >= 0.3 is 0 Å². The molecule has 2 nitrogen and oxygen atoms in total. The summed E-state index contributed by atoms with van der Waals surface area (Å²) in [5.74, 6) is -0.542. The van der Waals surface area contributed by atoms with E-state index in [1.165, 1.54) is 18.2 Å². The van der Waals surface area contributed by atoms with Crippen LogP contribution in [0.15, 0.2) is 48.7 Å². The number of halogens is 2. The molecule has 0 fully saturated rings. The summed E-state index contributed by atoms with van der Waals surface area (Å²) in [5, 5.41) is 0.568. The molecule has 0 saturated carbocycles. The SMILES string of the molecule is NCc1ccc(F)cc1Cn1ccc2c(F)cccc21. The van der Waals surface area contributed by atoms with Crippen LogP contribution in [0.4, 0.5) is 8.78 Å². The lowest BCUT2D eigenvalue weighted by Gasteiger charge is -2.10. The molecule has 0 spiro atoms. The Hall–Kier alpha value is -2.20. The third-order valence-corrected chi connectivity index (χ3v) is 3.49. The minimum atomic E-state index is -0.292. The van der Waals surface area contributed by atoms with Crippen molar-refractivity contribution in [3.05, 3.63) is 71.4 Å². The second kappa shape index (κ2) is 5.06. The molecule has 20 heavy (non-hydrogen) atoms. The number of aromatic nitrogens is 1. The van der Waals surface area contributed by atoms with E-state index in [-0.39, 0.29) is 11.6 Å². The van der Waals surface area contributed by atoms with Gasteiger partial charge in [0.1, 0.15) is 11.6 Å². The second-order valence-electron chi connectivity index (χ2n) is 4.73. The Morgan fingerprint density at radius 1 is 1.00 bits per heavy atom. The zero-order chi connectivity index (χ0) is 14.1. The van der Waals surface area contributed by atoms with Gasteiger partial charge in [0.2, 0.25) is 0 Å². The fourth-order valence-corrected chi connectivity index (χ4v) is 2.45. The highest BCUT2D eigenvalue weighted by Gasteiger charge is 2.08. The Morgan fingerprint density at radius 3 is 2.65 bits per heavy atom. The zero-order valence-electron chi connectivity index (χ0n) is 10.8. The summed E-state index contributed by atoms with van der Waals surface area (Å²) in [6, 6.07) is 11.2. The minimum Gasteiger partial charge on any atom is -0.343 e. The molecule has 4 heteroatoms. The number of nitrogens with two attached hydrogens (primary N) is 1. The lowest BCUT2D eigenvalue weighted by molar-refractivity contribution is 0.622. The van der Waals surface area contributed by atoms with Gasteiger partial charge in [-0.25, -0.2) is 8.78 Å². The molecule has 3 aromatic rings. The van der Waals surface area contributed by atoms with Crippen LogP contribution in [0.5, 0.6) is 0 Å². The van der Waals surface area contributed by atoms with E-state index in [4.69, 9.17) is 5.73 Å². The van der Waals surface area contributed by atoms with Crippen molar-refractivity contribution in [3.63, 3.8) is 0 Å². The zero-order valence-corrected chi connectivity index (χ0v) is 10.8.